The van der Waals surface area contributed by atoms with Gasteiger partial charge in [-0.05, 0) is 87.1 Å². The minimum atomic E-state index is 1.08. The Balaban J connectivity index is 1.22. The van der Waals surface area contributed by atoms with E-state index < -0.39 is 0 Å². The summed E-state index contributed by atoms with van der Waals surface area (Å²) in [6.07, 6.45) is 0. The van der Waals surface area contributed by atoms with Gasteiger partial charge in [-0.2, -0.15) is 0 Å². The molecule has 0 spiro atoms. The fourth-order valence-electron chi connectivity index (χ4n) is 8.03. The Kier molecular flexibility index (Phi) is 7.85. The number of nitrogens with zero attached hydrogens (tertiary/aromatic N) is 2. The van der Waals surface area contributed by atoms with Crippen LogP contribution in [-0.2, 0) is 0 Å². The van der Waals surface area contributed by atoms with Crippen molar-refractivity contribution in [2.45, 2.75) is 0 Å². The van der Waals surface area contributed by atoms with Crippen molar-refractivity contribution < 1.29 is 0 Å². The molecule has 10 rings (SSSR count). The molecule has 2 heteroatoms. The fourth-order valence-corrected chi connectivity index (χ4v) is 8.03. The molecule has 10 aromatic rings. The van der Waals surface area contributed by atoms with Crippen molar-refractivity contribution in [1.29, 1.82) is 0 Å². The smallest absolute Gasteiger partial charge is 0.0561 e. The zero-order valence-corrected chi connectivity index (χ0v) is 29.7. The van der Waals surface area contributed by atoms with Crippen molar-refractivity contribution in [2.24, 2.45) is 0 Å². The summed E-state index contributed by atoms with van der Waals surface area (Å²) in [7, 11) is 0. The van der Waals surface area contributed by atoms with Crippen molar-refractivity contribution in [3.05, 3.63) is 218 Å². The van der Waals surface area contributed by atoms with Gasteiger partial charge in [-0.1, -0.05) is 170 Å². The van der Waals surface area contributed by atoms with Gasteiger partial charge in [0.25, 0.3) is 0 Å². The highest BCUT2D eigenvalue weighted by Crippen LogP contribution is 2.43. The molecule has 54 heavy (non-hydrogen) atoms. The van der Waals surface area contributed by atoms with Crippen LogP contribution in [-0.4, -0.2) is 4.57 Å². The maximum absolute atomic E-state index is 2.46. The van der Waals surface area contributed by atoms with E-state index in [1.165, 1.54) is 66.0 Å². The molecule has 0 aliphatic carbocycles. The van der Waals surface area contributed by atoms with Crippen molar-refractivity contribution >= 4 is 49.6 Å². The van der Waals surface area contributed by atoms with Gasteiger partial charge in [0, 0.05) is 33.4 Å². The summed E-state index contributed by atoms with van der Waals surface area (Å²) in [5.74, 6) is 0. The third-order valence-corrected chi connectivity index (χ3v) is 10.6. The van der Waals surface area contributed by atoms with E-state index in [4.69, 9.17) is 0 Å². The van der Waals surface area contributed by atoms with Crippen LogP contribution >= 0.6 is 0 Å². The van der Waals surface area contributed by atoms with E-state index in [0.717, 1.165) is 22.7 Å². The van der Waals surface area contributed by atoms with Crippen molar-refractivity contribution in [2.75, 3.05) is 4.90 Å². The molecule has 0 radical (unpaired) electrons. The average molecular weight is 689 g/mol. The molecule has 0 bridgehead atoms. The molecular weight excluding hydrogens is 653 g/mol. The molecule has 0 saturated heterocycles. The lowest BCUT2D eigenvalue weighted by molar-refractivity contribution is 1.17. The predicted molar refractivity (Wildman–Crippen MR) is 229 cm³/mol. The Morgan fingerprint density at radius 1 is 0.296 bits per heavy atom. The van der Waals surface area contributed by atoms with Crippen LogP contribution < -0.4 is 4.90 Å². The first-order valence-electron chi connectivity index (χ1n) is 18.5. The number of fused-ring (bicyclic) bond motifs is 4. The van der Waals surface area contributed by atoms with Gasteiger partial charge >= 0.3 is 0 Å². The van der Waals surface area contributed by atoms with Crippen LogP contribution in [0.25, 0.3) is 71.6 Å². The van der Waals surface area contributed by atoms with E-state index in [1.807, 2.05) is 0 Å². The molecule has 1 heterocycles. The summed E-state index contributed by atoms with van der Waals surface area (Å²) in [6.45, 7) is 0. The summed E-state index contributed by atoms with van der Waals surface area (Å²) < 4.78 is 2.46. The van der Waals surface area contributed by atoms with E-state index in [1.54, 1.807) is 0 Å². The monoisotopic (exact) mass is 688 g/mol. The van der Waals surface area contributed by atoms with Gasteiger partial charge in [0.05, 0.1) is 16.7 Å². The second-order valence-electron chi connectivity index (χ2n) is 13.8. The third-order valence-electron chi connectivity index (χ3n) is 10.6. The van der Waals surface area contributed by atoms with Crippen LogP contribution in [0.15, 0.2) is 218 Å². The summed E-state index contributed by atoms with van der Waals surface area (Å²) in [5, 5.41) is 4.95. The van der Waals surface area contributed by atoms with Gasteiger partial charge in [-0.3, -0.25) is 0 Å². The van der Waals surface area contributed by atoms with Gasteiger partial charge in [0.2, 0.25) is 0 Å². The zero-order valence-electron chi connectivity index (χ0n) is 29.7. The second-order valence-corrected chi connectivity index (χ2v) is 13.8. The van der Waals surface area contributed by atoms with Gasteiger partial charge < -0.3 is 9.47 Å². The predicted octanol–water partition coefficient (Wildman–Crippen LogP) is 14.4. The normalized spacial score (nSPS) is 11.3. The quantitative estimate of drug-likeness (QED) is 0.162. The van der Waals surface area contributed by atoms with Crippen LogP contribution in [0.1, 0.15) is 0 Å². The second kappa shape index (κ2) is 13.4. The first kappa shape index (κ1) is 31.6. The Morgan fingerprint density at radius 3 is 1.31 bits per heavy atom. The number of anilines is 3. The number of aromatic nitrogens is 1. The Labute approximate surface area is 315 Å². The molecule has 0 atom stereocenters. The van der Waals surface area contributed by atoms with E-state index in [0.29, 0.717) is 0 Å². The van der Waals surface area contributed by atoms with Crippen molar-refractivity contribution in [3.63, 3.8) is 0 Å². The summed E-state index contributed by atoms with van der Waals surface area (Å²) in [5.41, 5.74) is 13.9. The highest BCUT2D eigenvalue weighted by molar-refractivity contribution is 6.10. The van der Waals surface area contributed by atoms with E-state index >= 15 is 0 Å². The van der Waals surface area contributed by atoms with Gasteiger partial charge in [0.15, 0.2) is 0 Å². The van der Waals surface area contributed by atoms with E-state index in [2.05, 4.69) is 228 Å². The number of benzene rings is 9. The van der Waals surface area contributed by atoms with E-state index in [9.17, 15) is 0 Å². The molecular formula is C52H36N2. The zero-order chi connectivity index (χ0) is 35.8. The third kappa shape index (κ3) is 5.53. The number of hydrogen-bond acceptors (Lipinski definition) is 1. The Bertz CT molecular complexity index is 2760. The standard InChI is InChI=1S/C52H36N2/c1-3-14-37(15-4-1)39-26-30-42(31-27-39)53(43-32-28-40(29-33-43)38-16-5-2-6-17-38)44-34-35-49(46-23-13-19-41-18-7-8-20-45(41)46)52(36-44)54-50-24-11-9-21-47(50)48-22-10-12-25-51(48)54/h1-36H. The summed E-state index contributed by atoms with van der Waals surface area (Å²) in [4.78, 5) is 2.38. The molecule has 2 nitrogen and oxygen atoms in total. The van der Waals surface area contributed by atoms with Gasteiger partial charge in [-0.15, -0.1) is 0 Å². The molecule has 0 saturated carbocycles. The van der Waals surface area contributed by atoms with Gasteiger partial charge in [-0.25, -0.2) is 0 Å². The minimum Gasteiger partial charge on any atom is -0.310 e. The lowest BCUT2D eigenvalue weighted by Gasteiger charge is -2.27. The first-order valence-corrected chi connectivity index (χ1v) is 18.5. The van der Waals surface area contributed by atoms with E-state index in [-0.39, 0.29) is 0 Å². The number of para-hydroxylation sites is 2. The molecule has 0 N–H and O–H groups in total. The highest BCUT2D eigenvalue weighted by Gasteiger charge is 2.20. The summed E-state index contributed by atoms with van der Waals surface area (Å²) in [6, 6.07) is 78.9. The maximum atomic E-state index is 2.46. The molecule has 254 valence electrons. The largest absolute Gasteiger partial charge is 0.310 e. The molecule has 0 amide bonds. The van der Waals surface area contributed by atoms with Crippen LogP contribution in [0, 0.1) is 0 Å². The Morgan fingerprint density at radius 2 is 0.741 bits per heavy atom. The maximum Gasteiger partial charge on any atom is 0.0561 e. The van der Waals surface area contributed by atoms with Crippen LogP contribution in [0.5, 0.6) is 0 Å². The molecule has 0 fully saturated rings. The molecule has 0 aliphatic rings. The topological polar surface area (TPSA) is 8.17 Å². The Hall–Kier alpha value is -7.16. The van der Waals surface area contributed by atoms with Crippen molar-refractivity contribution in [1.82, 2.24) is 4.57 Å². The first-order chi connectivity index (χ1) is 26.8. The lowest BCUT2D eigenvalue weighted by Crippen LogP contribution is -2.11. The number of hydrogen-bond donors (Lipinski definition) is 0. The minimum absolute atomic E-state index is 1.08. The SMILES string of the molecule is c1ccc(-c2ccc(N(c3ccc(-c4ccccc4)cc3)c3ccc(-c4cccc5ccccc45)c(-n4c5ccccc5c5ccccc54)c3)cc2)cc1. The highest BCUT2D eigenvalue weighted by atomic mass is 15.1. The lowest BCUT2D eigenvalue weighted by atomic mass is 9.96. The van der Waals surface area contributed by atoms with Crippen molar-refractivity contribution in [3.8, 4) is 39.1 Å². The average Bonchev–Trinajstić information content (AvgIpc) is 3.59. The molecule has 0 aliphatic heterocycles. The van der Waals surface area contributed by atoms with Gasteiger partial charge in [0.1, 0.15) is 0 Å². The van der Waals surface area contributed by atoms with Crippen LogP contribution in [0.2, 0.25) is 0 Å². The fraction of sp³-hybridized carbons (Fsp3) is 0. The molecule has 0 unspecified atom stereocenters. The summed E-state index contributed by atoms with van der Waals surface area (Å²) >= 11 is 0. The van der Waals surface area contributed by atoms with Crippen LogP contribution in [0.3, 0.4) is 0 Å². The molecule has 9 aromatic carbocycles. The van der Waals surface area contributed by atoms with Crippen LogP contribution in [0.4, 0.5) is 17.1 Å². The molecule has 1 aromatic heterocycles. The number of rotatable bonds is 7.